The number of aliphatic hydroxyl groups excluding tert-OH is 1. The minimum atomic E-state index is -2.00. The zero-order valence-corrected chi connectivity index (χ0v) is 31.4. The molecular weight excluding hydrogens is 697 g/mol. The SMILES string of the molecule is C[C@@H](/C=C/CC(=O)N1Cc2ccccc2C[C@H]1CO)[C@]1(O)C(=O)N(Cc2cccc(NC(=O)C3CCCNC3)c2)c2ccc(NC(=O)C3CCCNC3)cc21. The second-order valence-electron chi connectivity index (χ2n) is 15.4. The number of carbonyl (C=O) groups excluding carboxylic acids is 4. The van der Waals surface area contributed by atoms with Gasteiger partial charge in [-0.3, -0.25) is 19.2 Å². The summed E-state index contributed by atoms with van der Waals surface area (Å²) >= 11 is 0. The Hall–Kier alpha value is -4.88. The van der Waals surface area contributed by atoms with Crippen molar-refractivity contribution in [1.82, 2.24) is 15.5 Å². The van der Waals surface area contributed by atoms with Gasteiger partial charge in [-0.25, -0.2) is 0 Å². The molecular formula is C43H52N6O6. The molecule has 4 aliphatic heterocycles. The van der Waals surface area contributed by atoms with Crippen LogP contribution in [0.25, 0.3) is 0 Å². The minimum absolute atomic E-state index is 0.0325. The van der Waals surface area contributed by atoms with Crippen molar-refractivity contribution in [2.45, 2.75) is 70.2 Å². The Morgan fingerprint density at radius 3 is 2.24 bits per heavy atom. The third kappa shape index (κ3) is 8.23. The molecule has 0 aliphatic carbocycles. The van der Waals surface area contributed by atoms with Crippen molar-refractivity contribution in [3.63, 3.8) is 0 Å². The van der Waals surface area contributed by atoms with E-state index in [1.165, 1.54) is 0 Å². The molecule has 7 rings (SSSR count). The molecule has 0 aromatic heterocycles. The third-order valence-corrected chi connectivity index (χ3v) is 11.7. The van der Waals surface area contributed by atoms with Crippen LogP contribution in [0.1, 0.15) is 61.3 Å². The maximum Gasteiger partial charge on any atom is 0.264 e. The number of hydrogen-bond acceptors (Lipinski definition) is 8. The minimum Gasteiger partial charge on any atom is -0.394 e. The predicted molar refractivity (Wildman–Crippen MR) is 211 cm³/mol. The van der Waals surface area contributed by atoms with Crippen molar-refractivity contribution in [2.24, 2.45) is 17.8 Å². The number of nitrogens with zero attached hydrogens (tertiary/aromatic N) is 2. The molecule has 55 heavy (non-hydrogen) atoms. The summed E-state index contributed by atoms with van der Waals surface area (Å²) in [4.78, 5) is 57.4. The van der Waals surface area contributed by atoms with E-state index in [0.717, 1.165) is 55.5 Å². The van der Waals surface area contributed by atoms with Gasteiger partial charge in [0.2, 0.25) is 17.7 Å². The number of amides is 4. The first-order valence-electron chi connectivity index (χ1n) is 19.6. The number of benzene rings is 3. The van der Waals surface area contributed by atoms with Crippen LogP contribution in [0.2, 0.25) is 0 Å². The van der Waals surface area contributed by atoms with E-state index in [4.69, 9.17) is 0 Å². The second kappa shape index (κ2) is 16.9. The molecule has 2 unspecified atom stereocenters. The van der Waals surface area contributed by atoms with E-state index < -0.39 is 17.4 Å². The van der Waals surface area contributed by atoms with Crippen LogP contribution in [0.5, 0.6) is 0 Å². The van der Waals surface area contributed by atoms with Crippen molar-refractivity contribution in [2.75, 3.05) is 48.3 Å². The topological polar surface area (TPSA) is 163 Å². The number of aliphatic hydroxyl groups is 2. The predicted octanol–water partition coefficient (Wildman–Crippen LogP) is 3.83. The number of fused-ring (bicyclic) bond motifs is 2. The maximum absolute atomic E-state index is 14.5. The Kier molecular flexibility index (Phi) is 11.8. The Balaban J connectivity index is 1.12. The number of hydrogen-bond donors (Lipinski definition) is 6. The highest BCUT2D eigenvalue weighted by atomic mass is 16.3. The summed E-state index contributed by atoms with van der Waals surface area (Å²) < 4.78 is 0. The summed E-state index contributed by atoms with van der Waals surface area (Å²) in [5.41, 5.74) is 2.93. The first-order chi connectivity index (χ1) is 26.6. The van der Waals surface area contributed by atoms with E-state index in [1.807, 2.05) is 48.5 Å². The summed E-state index contributed by atoms with van der Waals surface area (Å²) in [5.74, 6) is -1.89. The average Bonchev–Trinajstić information content (AvgIpc) is 3.42. The lowest BCUT2D eigenvalue weighted by Crippen LogP contribution is -2.46. The quantitative estimate of drug-likeness (QED) is 0.161. The fraction of sp³-hybridized carbons (Fsp3) is 0.442. The van der Waals surface area contributed by atoms with Gasteiger partial charge in [-0.05, 0) is 92.2 Å². The first kappa shape index (κ1) is 38.4. The largest absolute Gasteiger partial charge is 0.394 e. The van der Waals surface area contributed by atoms with Gasteiger partial charge >= 0.3 is 0 Å². The summed E-state index contributed by atoms with van der Waals surface area (Å²) in [7, 11) is 0. The van der Waals surface area contributed by atoms with Crippen molar-refractivity contribution in [3.05, 3.63) is 101 Å². The number of rotatable bonds is 11. The van der Waals surface area contributed by atoms with E-state index in [0.29, 0.717) is 48.7 Å². The molecule has 0 radical (unpaired) electrons. The van der Waals surface area contributed by atoms with Crippen LogP contribution in [0.15, 0.2) is 78.9 Å². The Labute approximate surface area is 322 Å². The molecule has 2 fully saturated rings. The van der Waals surface area contributed by atoms with Crippen LogP contribution in [0.3, 0.4) is 0 Å². The second-order valence-corrected chi connectivity index (χ2v) is 15.4. The van der Waals surface area contributed by atoms with Crippen LogP contribution in [-0.2, 0) is 44.3 Å². The highest BCUT2D eigenvalue weighted by molar-refractivity contribution is 6.08. The van der Waals surface area contributed by atoms with E-state index in [-0.39, 0.29) is 55.2 Å². The van der Waals surface area contributed by atoms with E-state index in [2.05, 4.69) is 21.3 Å². The van der Waals surface area contributed by atoms with Crippen LogP contribution in [-0.4, -0.2) is 77.6 Å². The molecule has 12 heteroatoms. The van der Waals surface area contributed by atoms with Gasteiger partial charge in [-0.1, -0.05) is 55.5 Å². The van der Waals surface area contributed by atoms with Crippen molar-refractivity contribution < 1.29 is 29.4 Å². The molecule has 3 aromatic rings. The van der Waals surface area contributed by atoms with E-state index in [1.54, 1.807) is 47.1 Å². The van der Waals surface area contributed by atoms with Gasteiger partial charge in [0.15, 0.2) is 5.60 Å². The molecule has 12 nitrogen and oxygen atoms in total. The van der Waals surface area contributed by atoms with Crippen molar-refractivity contribution >= 4 is 40.7 Å². The molecule has 3 aromatic carbocycles. The maximum atomic E-state index is 14.5. The Bertz CT molecular complexity index is 1940. The van der Waals surface area contributed by atoms with Gasteiger partial charge < -0.3 is 41.3 Å². The lowest BCUT2D eigenvalue weighted by atomic mass is 9.82. The van der Waals surface area contributed by atoms with Gasteiger partial charge in [-0.15, -0.1) is 0 Å². The molecule has 0 spiro atoms. The average molecular weight is 749 g/mol. The van der Waals surface area contributed by atoms with Gasteiger partial charge in [0.1, 0.15) is 0 Å². The first-order valence-corrected chi connectivity index (χ1v) is 19.6. The highest BCUT2D eigenvalue weighted by Crippen LogP contribution is 2.47. The molecule has 290 valence electrons. The molecule has 0 saturated carbocycles. The zero-order valence-electron chi connectivity index (χ0n) is 31.4. The summed E-state index contributed by atoms with van der Waals surface area (Å²) in [5, 5.41) is 35.2. The van der Waals surface area contributed by atoms with Gasteiger partial charge in [0.05, 0.1) is 36.7 Å². The standard InChI is InChI=1S/C43H52N6O6/c1-28(8-4-15-39(51)48-26-33-11-3-2-10-30(33)21-36(48)27-50)43(55)37-22-35(47-41(53)32-13-7-19-45-24-32)16-17-38(37)49(42(43)54)25-29-9-5-14-34(20-29)46-40(52)31-12-6-18-44-23-31/h2-5,8-11,14,16-17,20,22,28,31-32,36,44-45,50,55H,6-7,12-13,15,18-19,21,23-27H2,1H3,(H,46,52)(H,47,53)/b8-4+/t28-,31?,32?,36-,43+/m0/s1. The van der Waals surface area contributed by atoms with Crippen molar-refractivity contribution in [1.29, 1.82) is 0 Å². The molecule has 4 heterocycles. The summed E-state index contributed by atoms with van der Waals surface area (Å²) in [6, 6.07) is 20.2. The van der Waals surface area contributed by atoms with E-state index >= 15 is 0 Å². The zero-order chi connectivity index (χ0) is 38.5. The molecule has 0 bridgehead atoms. The Morgan fingerprint density at radius 1 is 0.909 bits per heavy atom. The lowest BCUT2D eigenvalue weighted by Gasteiger charge is -2.36. The number of nitrogens with one attached hydrogen (secondary N) is 4. The van der Waals surface area contributed by atoms with Crippen LogP contribution >= 0.6 is 0 Å². The summed E-state index contributed by atoms with van der Waals surface area (Å²) in [6.45, 7) is 5.16. The van der Waals surface area contributed by atoms with Crippen LogP contribution < -0.4 is 26.2 Å². The molecule has 4 aliphatic rings. The molecule has 5 atom stereocenters. The van der Waals surface area contributed by atoms with Crippen LogP contribution in [0.4, 0.5) is 17.1 Å². The smallest absolute Gasteiger partial charge is 0.264 e. The van der Waals surface area contributed by atoms with Gasteiger partial charge in [0, 0.05) is 48.9 Å². The fourth-order valence-electron chi connectivity index (χ4n) is 8.42. The normalized spacial score (nSPS) is 24.3. The highest BCUT2D eigenvalue weighted by Gasteiger charge is 2.52. The fourth-order valence-corrected chi connectivity index (χ4v) is 8.42. The number of anilines is 3. The number of carbonyl (C=O) groups is 4. The summed E-state index contributed by atoms with van der Waals surface area (Å²) in [6.07, 6.45) is 7.45. The Morgan fingerprint density at radius 2 is 1.58 bits per heavy atom. The molecule has 2 saturated heterocycles. The van der Waals surface area contributed by atoms with Gasteiger partial charge in [0.25, 0.3) is 5.91 Å². The third-order valence-electron chi connectivity index (χ3n) is 11.7. The van der Waals surface area contributed by atoms with E-state index in [9.17, 15) is 29.4 Å². The molecule has 6 N–H and O–H groups in total. The van der Waals surface area contributed by atoms with Crippen LogP contribution in [0, 0.1) is 17.8 Å². The molecule has 4 amide bonds. The number of piperidine rings is 2. The monoisotopic (exact) mass is 748 g/mol. The lowest BCUT2D eigenvalue weighted by molar-refractivity contribution is -0.139. The van der Waals surface area contributed by atoms with Gasteiger partial charge in [-0.2, -0.15) is 0 Å². The van der Waals surface area contributed by atoms with Crippen molar-refractivity contribution in [3.8, 4) is 0 Å².